The molecule has 1 unspecified atom stereocenters. The third-order valence-corrected chi connectivity index (χ3v) is 11.0. The van der Waals surface area contributed by atoms with Gasteiger partial charge in [0.1, 0.15) is 17.1 Å². The third-order valence-electron chi connectivity index (χ3n) is 10.8. The number of methoxy groups -OCH3 is 1. The number of nitrogens with one attached hydrogen (secondary N) is 1. The van der Waals surface area contributed by atoms with E-state index in [2.05, 4.69) is 24.1 Å². The SMILES string of the molecule is COCc1cc2c(cc1F)CC(C[C@@H](C)COc1ccnc3c1[C@H](C)CCC3)C21CCC(Nc2cccc(Cl)c2)(C(=O)O)CC1. The highest BCUT2D eigenvalue weighted by Crippen LogP contribution is 2.56. The van der Waals surface area contributed by atoms with Crippen LogP contribution >= 0.6 is 11.6 Å². The Labute approximate surface area is 270 Å². The number of carbonyl (C=O) groups is 1. The molecular weight excluding hydrogens is 591 g/mol. The summed E-state index contributed by atoms with van der Waals surface area (Å²) in [5, 5.41) is 14.4. The summed E-state index contributed by atoms with van der Waals surface area (Å²) in [4.78, 5) is 17.4. The second-order valence-corrected chi connectivity index (χ2v) is 14.2. The number of hydrogen-bond donors (Lipinski definition) is 2. The van der Waals surface area contributed by atoms with Crippen LogP contribution < -0.4 is 10.1 Å². The number of aryl methyl sites for hydroxylation is 1. The summed E-state index contributed by atoms with van der Waals surface area (Å²) in [6.07, 6.45) is 9.13. The molecule has 0 aliphatic heterocycles. The average Bonchev–Trinajstić information content (AvgIpc) is 3.28. The van der Waals surface area contributed by atoms with E-state index in [9.17, 15) is 9.90 Å². The number of nitrogens with zero attached hydrogens (tertiary/aromatic N) is 1. The van der Waals surface area contributed by atoms with Gasteiger partial charge in [-0.25, -0.2) is 9.18 Å². The van der Waals surface area contributed by atoms with Crippen LogP contribution in [0.3, 0.4) is 0 Å². The lowest BCUT2D eigenvalue weighted by Crippen LogP contribution is -2.53. The predicted octanol–water partition coefficient (Wildman–Crippen LogP) is 8.49. The third kappa shape index (κ3) is 6.18. The fraction of sp³-hybridized carbons (Fsp3) is 0.514. The van der Waals surface area contributed by atoms with Crippen LogP contribution in [0.5, 0.6) is 5.75 Å². The van der Waals surface area contributed by atoms with Crippen LogP contribution in [0.4, 0.5) is 10.1 Å². The molecule has 3 aliphatic carbocycles. The van der Waals surface area contributed by atoms with Crippen molar-refractivity contribution in [3.05, 3.63) is 87.4 Å². The first-order valence-electron chi connectivity index (χ1n) is 16.3. The number of ether oxygens (including phenoxy) is 2. The summed E-state index contributed by atoms with van der Waals surface area (Å²) in [6, 6.07) is 12.9. The van der Waals surface area contributed by atoms with Crippen LogP contribution in [0.2, 0.25) is 5.02 Å². The van der Waals surface area contributed by atoms with Gasteiger partial charge in [-0.3, -0.25) is 4.98 Å². The van der Waals surface area contributed by atoms with Gasteiger partial charge in [-0.15, -0.1) is 0 Å². The topological polar surface area (TPSA) is 80.7 Å². The fourth-order valence-corrected chi connectivity index (χ4v) is 8.63. The molecule has 240 valence electrons. The second-order valence-electron chi connectivity index (χ2n) is 13.7. The zero-order chi connectivity index (χ0) is 31.8. The number of halogens is 2. The lowest BCUT2D eigenvalue weighted by Gasteiger charge is -2.47. The van der Waals surface area contributed by atoms with E-state index in [1.165, 1.54) is 5.56 Å². The fourth-order valence-electron chi connectivity index (χ4n) is 8.44. The smallest absolute Gasteiger partial charge is 0.329 e. The number of aromatic nitrogens is 1. The maximum atomic E-state index is 15.2. The Hall–Kier alpha value is -3.16. The van der Waals surface area contributed by atoms with Gasteiger partial charge in [-0.2, -0.15) is 0 Å². The molecule has 1 heterocycles. The van der Waals surface area contributed by atoms with Crippen LogP contribution in [0.1, 0.15) is 92.7 Å². The minimum Gasteiger partial charge on any atom is -0.493 e. The lowest BCUT2D eigenvalue weighted by atomic mass is 9.59. The largest absolute Gasteiger partial charge is 0.493 e. The average molecular weight is 635 g/mol. The summed E-state index contributed by atoms with van der Waals surface area (Å²) in [5.74, 6) is 0.787. The molecule has 3 atom stereocenters. The molecule has 3 aliphatic rings. The highest BCUT2D eigenvalue weighted by atomic mass is 35.5. The number of hydrogen-bond acceptors (Lipinski definition) is 5. The predicted molar refractivity (Wildman–Crippen MR) is 175 cm³/mol. The summed E-state index contributed by atoms with van der Waals surface area (Å²) >= 11 is 6.23. The van der Waals surface area contributed by atoms with E-state index in [1.807, 2.05) is 30.5 Å². The summed E-state index contributed by atoms with van der Waals surface area (Å²) in [5.41, 5.74) is 4.51. The highest BCUT2D eigenvalue weighted by Gasteiger charge is 2.54. The molecular formula is C37H44ClFN2O4. The summed E-state index contributed by atoms with van der Waals surface area (Å²) < 4.78 is 27.0. The zero-order valence-corrected chi connectivity index (χ0v) is 27.3. The number of rotatable bonds is 10. The standard InChI is InChI=1S/C37H44ClFN2O4/c1-23(21-45-33-10-15-40-32-9-4-6-24(2)34(32)33)16-27-17-25-19-31(39)26(22-44-3)18-30(25)36(27)11-13-37(14-12-36,35(42)43)41-29-8-5-7-28(38)20-29/h5,7-8,10,15,18-20,23-24,27,41H,4,6,9,11-14,16-17,21-22H2,1-3H3,(H,42,43)/t23-,24-,27?,36?,37?/m1/s1. The molecule has 45 heavy (non-hydrogen) atoms. The Balaban J connectivity index is 1.25. The van der Waals surface area contributed by atoms with Gasteiger partial charge in [0.15, 0.2) is 0 Å². The van der Waals surface area contributed by atoms with E-state index in [-0.39, 0.29) is 29.7 Å². The normalized spacial score (nSPS) is 26.2. The zero-order valence-electron chi connectivity index (χ0n) is 26.5. The molecule has 8 heteroatoms. The molecule has 3 aromatic rings. The van der Waals surface area contributed by atoms with Gasteiger partial charge in [0.25, 0.3) is 0 Å². The van der Waals surface area contributed by atoms with Crippen molar-refractivity contribution in [3.63, 3.8) is 0 Å². The lowest BCUT2D eigenvalue weighted by molar-refractivity contribution is -0.144. The van der Waals surface area contributed by atoms with Crippen LogP contribution in [0.15, 0.2) is 48.7 Å². The van der Waals surface area contributed by atoms with Gasteiger partial charge in [0, 0.05) is 40.8 Å². The summed E-state index contributed by atoms with van der Waals surface area (Å²) in [6.45, 7) is 5.28. The van der Waals surface area contributed by atoms with Crippen LogP contribution in [-0.4, -0.2) is 35.3 Å². The Morgan fingerprint density at radius 2 is 2.00 bits per heavy atom. The first kappa shape index (κ1) is 31.8. The molecule has 0 bridgehead atoms. The van der Waals surface area contributed by atoms with Gasteiger partial charge in [-0.1, -0.05) is 31.5 Å². The molecule has 1 saturated carbocycles. The molecule has 0 amide bonds. The van der Waals surface area contributed by atoms with Crippen molar-refractivity contribution >= 4 is 23.3 Å². The van der Waals surface area contributed by atoms with Crippen LogP contribution in [-0.2, 0) is 34.4 Å². The van der Waals surface area contributed by atoms with Crippen LogP contribution in [0.25, 0.3) is 0 Å². The number of fused-ring (bicyclic) bond motifs is 3. The molecule has 1 fully saturated rings. The van der Waals surface area contributed by atoms with Gasteiger partial charge < -0.3 is 19.9 Å². The highest BCUT2D eigenvalue weighted by molar-refractivity contribution is 6.30. The minimum atomic E-state index is -1.11. The maximum Gasteiger partial charge on any atom is 0.329 e. The first-order valence-corrected chi connectivity index (χ1v) is 16.7. The molecule has 6 rings (SSSR count). The molecule has 0 radical (unpaired) electrons. The maximum absolute atomic E-state index is 15.2. The van der Waals surface area contributed by atoms with E-state index < -0.39 is 11.5 Å². The second kappa shape index (κ2) is 12.9. The Morgan fingerprint density at radius 3 is 2.73 bits per heavy atom. The number of pyridine rings is 1. The van der Waals surface area contributed by atoms with Crippen molar-refractivity contribution in [2.75, 3.05) is 19.0 Å². The van der Waals surface area contributed by atoms with Gasteiger partial charge in [-0.05, 0) is 128 Å². The van der Waals surface area contributed by atoms with Crippen molar-refractivity contribution < 1.29 is 23.8 Å². The molecule has 2 aromatic carbocycles. The monoisotopic (exact) mass is 634 g/mol. The first-order chi connectivity index (χ1) is 21.6. The minimum absolute atomic E-state index is 0.203. The van der Waals surface area contributed by atoms with Gasteiger partial charge >= 0.3 is 5.97 Å². The number of anilines is 1. The van der Waals surface area contributed by atoms with E-state index in [0.29, 0.717) is 54.5 Å². The van der Waals surface area contributed by atoms with Crippen molar-refractivity contribution in [2.45, 2.75) is 95.1 Å². The number of aliphatic carboxylic acids is 1. The Kier molecular flexibility index (Phi) is 9.13. The van der Waals surface area contributed by atoms with E-state index in [4.69, 9.17) is 21.1 Å². The number of carboxylic acids is 1. The molecule has 1 aromatic heterocycles. The van der Waals surface area contributed by atoms with Crippen LogP contribution in [0, 0.1) is 17.7 Å². The summed E-state index contributed by atoms with van der Waals surface area (Å²) in [7, 11) is 1.58. The van der Waals surface area contributed by atoms with E-state index >= 15 is 4.39 Å². The number of carboxylic acid groups (broad SMARTS) is 1. The van der Waals surface area contributed by atoms with E-state index in [0.717, 1.165) is 54.7 Å². The molecule has 0 saturated heterocycles. The molecule has 2 N–H and O–H groups in total. The Morgan fingerprint density at radius 1 is 1.20 bits per heavy atom. The number of benzene rings is 2. The van der Waals surface area contributed by atoms with Crippen molar-refractivity contribution in [1.29, 1.82) is 0 Å². The molecule has 6 nitrogen and oxygen atoms in total. The Bertz CT molecular complexity index is 1550. The molecule has 1 spiro atoms. The van der Waals surface area contributed by atoms with Crippen molar-refractivity contribution in [1.82, 2.24) is 4.98 Å². The van der Waals surface area contributed by atoms with Crippen molar-refractivity contribution in [2.24, 2.45) is 11.8 Å². The van der Waals surface area contributed by atoms with Crippen molar-refractivity contribution in [3.8, 4) is 5.75 Å². The quantitative estimate of drug-likeness (QED) is 0.233. The van der Waals surface area contributed by atoms with Gasteiger partial charge in [0.05, 0.1) is 13.2 Å². The van der Waals surface area contributed by atoms with E-state index in [1.54, 1.807) is 25.3 Å². The van der Waals surface area contributed by atoms with Gasteiger partial charge in [0.2, 0.25) is 0 Å².